The van der Waals surface area contributed by atoms with Crippen molar-refractivity contribution in [2.24, 2.45) is 5.73 Å². The molecule has 1 amide bonds. The first-order valence-electron chi connectivity index (χ1n) is 11.8. The average Bonchev–Trinajstić information content (AvgIpc) is 3.33. The van der Waals surface area contributed by atoms with Gasteiger partial charge in [-0.15, -0.1) is 0 Å². The minimum atomic E-state index is -4.45. The Morgan fingerprint density at radius 3 is 2.32 bits per heavy atom. The van der Waals surface area contributed by atoms with Crippen LogP contribution in [0.3, 0.4) is 0 Å². The number of carbonyl (C=O) groups is 1. The van der Waals surface area contributed by atoms with Gasteiger partial charge in [-0.25, -0.2) is 13.4 Å². The summed E-state index contributed by atoms with van der Waals surface area (Å²) in [4.78, 5) is 18.7. The molecule has 0 bridgehead atoms. The van der Waals surface area contributed by atoms with Gasteiger partial charge in [-0.3, -0.25) is 4.79 Å². The minimum Gasteiger partial charge on any atom is -0.367 e. The van der Waals surface area contributed by atoms with Crippen molar-refractivity contribution >= 4 is 32.7 Å². The first-order valence-corrected chi connectivity index (χ1v) is 13.3. The van der Waals surface area contributed by atoms with Crippen molar-refractivity contribution in [3.63, 3.8) is 0 Å². The summed E-state index contributed by atoms with van der Waals surface area (Å²) in [6, 6.07) is 14.2. The van der Waals surface area contributed by atoms with Crippen LogP contribution in [0.5, 0.6) is 0 Å². The molecule has 1 fully saturated rings. The lowest BCUT2D eigenvalue weighted by molar-refractivity contribution is -0.137. The molecule has 198 valence electrons. The number of carbonyl (C=O) groups excluding carboxylic acids is 1. The van der Waals surface area contributed by atoms with Gasteiger partial charge in [0, 0.05) is 42.4 Å². The molecule has 1 aliphatic heterocycles. The van der Waals surface area contributed by atoms with Crippen LogP contribution in [0.2, 0.25) is 0 Å². The van der Waals surface area contributed by atoms with Gasteiger partial charge in [0.1, 0.15) is 5.82 Å². The number of aromatic nitrogens is 2. The number of primary amides is 1. The van der Waals surface area contributed by atoms with Crippen LogP contribution in [-0.4, -0.2) is 47.7 Å². The highest BCUT2D eigenvalue weighted by Gasteiger charge is 2.32. The minimum absolute atomic E-state index is 0.110. The van der Waals surface area contributed by atoms with Crippen molar-refractivity contribution in [1.29, 1.82) is 0 Å². The number of H-pyrrole nitrogens is 1. The van der Waals surface area contributed by atoms with Crippen LogP contribution in [0.1, 0.15) is 28.8 Å². The van der Waals surface area contributed by atoms with E-state index < -0.39 is 27.7 Å². The fraction of sp³-hybridized carbons (Fsp3) is 0.231. The highest BCUT2D eigenvalue weighted by molar-refractivity contribution is 7.89. The smallest absolute Gasteiger partial charge is 0.367 e. The van der Waals surface area contributed by atoms with E-state index in [0.29, 0.717) is 29.6 Å². The van der Waals surface area contributed by atoms with Crippen LogP contribution in [0.15, 0.2) is 71.9 Å². The third kappa shape index (κ3) is 5.09. The molecule has 0 saturated carbocycles. The zero-order valence-electron chi connectivity index (χ0n) is 20.0. The number of hydrogen-bond acceptors (Lipinski definition) is 5. The van der Waals surface area contributed by atoms with Crippen molar-refractivity contribution in [2.75, 3.05) is 18.4 Å². The Morgan fingerprint density at radius 1 is 1.03 bits per heavy atom. The predicted octanol–water partition coefficient (Wildman–Crippen LogP) is 4.61. The Kier molecular flexibility index (Phi) is 6.61. The third-order valence-corrected chi connectivity index (χ3v) is 8.58. The lowest BCUT2D eigenvalue weighted by atomic mass is 10.0. The summed E-state index contributed by atoms with van der Waals surface area (Å²) in [5.41, 5.74) is 7.37. The normalized spacial score (nSPS) is 15.6. The zero-order valence-corrected chi connectivity index (χ0v) is 20.8. The molecule has 0 atom stereocenters. The summed E-state index contributed by atoms with van der Waals surface area (Å²) in [7, 11) is -3.72. The maximum absolute atomic E-state index is 13.2. The van der Waals surface area contributed by atoms with E-state index >= 15 is 0 Å². The van der Waals surface area contributed by atoms with Gasteiger partial charge in [-0.1, -0.05) is 18.2 Å². The Morgan fingerprint density at radius 2 is 1.71 bits per heavy atom. The van der Waals surface area contributed by atoms with Crippen LogP contribution in [0.4, 0.5) is 19.0 Å². The second-order valence-electron chi connectivity index (χ2n) is 9.10. The Hall–Kier alpha value is -3.90. The maximum Gasteiger partial charge on any atom is 0.417 e. The molecule has 2 aromatic heterocycles. The topological polar surface area (TPSA) is 121 Å². The van der Waals surface area contributed by atoms with Gasteiger partial charge in [0.05, 0.1) is 16.0 Å². The number of sulfonamides is 1. The lowest BCUT2D eigenvalue weighted by Crippen LogP contribution is -2.42. The van der Waals surface area contributed by atoms with E-state index in [1.54, 1.807) is 30.5 Å². The van der Waals surface area contributed by atoms with Crippen LogP contribution < -0.4 is 11.1 Å². The number of nitrogens with two attached hydrogens (primary N) is 1. The number of alkyl halides is 3. The highest BCUT2D eigenvalue weighted by Crippen LogP contribution is 2.30. The molecule has 0 radical (unpaired) electrons. The van der Waals surface area contributed by atoms with Crippen LogP contribution in [0, 0.1) is 0 Å². The van der Waals surface area contributed by atoms with Crippen LogP contribution in [-0.2, 0) is 16.2 Å². The molecule has 12 heteroatoms. The van der Waals surface area contributed by atoms with Crippen LogP contribution >= 0.6 is 0 Å². The van der Waals surface area contributed by atoms with Gasteiger partial charge < -0.3 is 16.0 Å². The number of nitrogens with one attached hydrogen (secondary N) is 2. The average molecular weight is 544 g/mol. The highest BCUT2D eigenvalue weighted by atomic mass is 32.2. The standard InChI is InChI=1S/C26H24F3N5O3S/c27-26(28,29)18-4-8-24(32-14-18)33-19-9-11-34(12-10-19)38(36,37)20-5-1-16(2-6-20)17-3-7-23-21(13-17)22(15-31-23)25(30)35/h1-8,13-15,19,31H,9-12H2,(H2,30,35)(H,32,33). The van der Waals surface area contributed by atoms with Crippen molar-refractivity contribution < 1.29 is 26.4 Å². The van der Waals surface area contributed by atoms with Crippen molar-refractivity contribution in [3.8, 4) is 11.1 Å². The summed E-state index contributed by atoms with van der Waals surface area (Å²) >= 11 is 0. The number of pyridine rings is 1. The van der Waals surface area contributed by atoms with E-state index in [1.165, 1.54) is 10.4 Å². The largest absolute Gasteiger partial charge is 0.417 e. The molecule has 1 aliphatic rings. The first-order chi connectivity index (χ1) is 18.0. The molecule has 4 aromatic rings. The molecular formula is C26H24F3N5O3S. The van der Waals surface area contributed by atoms with E-state index in [9.17, 15) is 26.4 Å². The molecular weight excluding hydrogens is 519 g/mol. The number of rotatable bonds is 6. The molecule has 5 rings (SSSR count). The van der Waals surface area contributed by atoms with Crippen molar-refractivity contribution in [1.82, 2.24) is 14.3 Å². The van der Waals surface area contributed by atoms with Gasteiger partial charge in [-0.05, 0) is 60.4 Å². The Labute approximate surface area is 216 Å². The molecule has 0 aliphatic carbocycles. The zero-order chi connectivity index (χ0) is 27.1. The van der Waals surface area contributed by atoms with Gasteiger partial charge in [0.2, 0.25) is 10.0 Å². The summed E-state index contributed by atoms with van der Waals surface area (Å²) in [6.45, 7) is 0.533. The second-order valence-corrected chi connectivity index (χ2v) is 11.0. The van der Waals surface area contributed by atoms with E-state index in [2.05, 4.69) is 15.3 Å². The molecule has 4 N–H and O–H groups in total. The lowest BCUT2D eigenvalue weighted by Gasteiger charge is -2.32. The summed E-state index contributed by atoms with van der Waals surface area (Å²) < 4.78 is 66.0. The van der Waals surface area contributed by atoms with E-state index in [0.717, 1.165) is 28.9 Å². The molecule has 0 spiro atoms. The molecule has 0 unspecified atom stereocenters. The van der Waals surface area contributed by atoms with E-state index in [-0.39, 0.29) is 24.0 Å². The SMILES string of the molecule is NC(=O)c1c[nH]c2ccc(-c3ccc(S(=O)(=O)N4CCC(Nc5ccc(C(F)(F)F)cn5)CC4)cc3)cc12. The van der Waals surface area contributed by atoms with Gasteiger partial charge in [-0.2, -0.15) is 17.5 Å². The summed E-state index contributed by atoms with van der Waals surface area (Å²) in [6.07, 6.45) is -1.14. The third-order valence-electron chi connectivity index (χ3n) is 6.67. The number of amides is 1. The Balaban J connectivity index is 1.24. The van der Waals surface area contributed by atoms with Crippen LogP contribution in [0.25, 0.3) is 22.0 Å². The number of hydrogen-bond donors (Lipinski definition) is 3. The van der Waals surface area contributed by atoms with Gasteiger partial charge >= 0.3 is 6.18 Å². The van der Waals surface area contributed by atoms with Gasteiger partial charge in [0.15, 0.2) is 0 Å². The number of halogens is 3. The predicted molar refractivity (Wildman–Crippen MR) is 137 cm³/mol. The number of aromatic amines is 1. The number of anilines is 1. The fourth-order valence-corrected chi connectivity index (χ4v) is 6.04. The first kappa shape index (κ1) is 25.7. The molecule has 8 nitrogen and oxygen atoms in total. The molecule has 2 aromatic carbocycles. The van der Waals surface area contributed by atoms with Gasteiger partial charge in [0.25, 0.3) is 5.91 Å². The number of benzene rings is 2. The van der Waals surface area contributed by atoms with E-state index in [1.807, 2.05) is 18.2 Å². The number of piperidine rings is 1. The number of nitrogens with zero attached hydrogens (tertiary/aromatic N) is 2. The summed E-state index contributed by atoms with van der Waals surface area (Å²) in [5.74, 6) is -0.222. The monoisotopic (exact) mass is 543 g/mol. The van der Waals surface area contributed by atoms with E-state index in [4.69, 9.17) is 5.73 Å². The van der Waals surface area contributed by atoms with Crippen molar-refractivity contribution in [2.45, 2.75) is 30.0 Å². The quantitative estimate of drug-likeness (QED) is 0.328. The second kappa shape index (κ2) is 9.76. The number of fused-ring (bicyclic) bond motifs is 1. The van der Waals surface area contributed by atoms with Crippen molar-refractivity contribution in [3.05, 3.63) is 78.1 Å². The molecule has 3 heterocycles. The molecule has 38 heavy (non-hydrogen) atoms. The maximum atomic E-state index is 13.2. The fourth-order valence-electron chi connectivity index (χ4n) is 4.57. The Bertz CT molecular complexity index is 1580. The molecule has 1 saturated heterocycles. The summed E-state index contributed by atoms with van der Waals surface area (Å²) in [5, 5.41) is 3.78.